The molecule has 0 radical (unpaired) electrons. The molecule has 36 heavy (non-hydrogen) atoms. The third kappa shape index (κ3) is 4.12. The molecule has 1 aromatic heterocycles. The number of hydrogen-bond donors (Lipinski definition) is 2. The number of ether oxygens (including phenoxy) is 1. The predicted octanol–water partition coefficient (Wildman–Crippen LogP) is 6.71. The Morgan fingerprint density at radius 1 is 1.08 bits per heavy atom. The number of nitrogens with zero attached hydrogens (tertiary/aromatic N) is 2. The lowest BCUT2D eigenvalue weighted by molar-refractivity contribution is -0.132. The van der Waals surface area contributed by atoms with E-state index in [2.05, 4.69) is 20.9 Å². The van der Waals surface area contributed by atoms with E-state index in [-0.39, 0.29) is 32.4 Å². The van der Waals surface area contributed by atoms with E-state index in [9.17, 15) is 19.8 Å². The van der Waals surface area contributed by atoms with Crippen LogP contribution in [0.5, 0.6) is 11.5 Å². The van der Waals surface area contributed by atoms with Gasteiger partial charge in [-0.25, -0.2) is 4.98 Å². The number of methoxy groups -OCH3 is 1. The number of aliphatic hydroxyl groups excluding tert-OH is 1. The van der Waals surface area contributed by atoms with Crippen LogP contribution in [0, 0.1) is 0 Å². The van der Waals surface area contributed by atoms with Gasteiger partial charge < -0.3 is 14.9 Å². The van der Waals surface area contributed by atoms with Gasteiger partial charge in [0.1, 0.15) is 5.76 Å². The van der Waals surface area contributed by atoms with Crippen molar-refractivity contribution in [2.75, 3.05) is 12.0 Å². The summed E-state index contributed by atoms with van der Waals surface area (Å²) in [4.78, 5) is 32.5. The Morgan fingerprint density at radius 3 is 2.47 bits per heavy atom. The minimum atomic E-state index is -1.07. The summed E-state index contributed by atoms with van der Waals surface area (Å²) in [6.07, 6.45) is 0. The number of carbonyl (C=O) groups excluding carboxylic acids is 2. The first kappa shape index (κ1) is 24.6. The summed E-state index contributed by atoms with van der Waals surface area (Å²) in [7, 11) is 1.38. The number of amides is 1. The molecule has 1 unspecified atom stereocenters. The Kier molecular flexibility index (Phi) is 6.42. The molecule has 1 fully saturated rings. The number of Topliss-reactive ketones (excluding diaryl/α,β-unsaturated/α-hetero) is 1. The quantitative estimate of drug-likeness (QED) is 0.152. The molecule has 7 nitrogen and oxygen atoms in total. The van der Waals surface area contributed by atoms with Gasteiger partial charge in [-0.15, -0.1) is 0 Å². The Labute approximate surface area is 227 Å². The molecule has 1 saturated heterocycles. The minimum Gasteiger partial charge on any atom is -0.507 e. The zero-order valence-corrected chi connectivity index (χ0v) is 22.2. The molecule has 11 heteroatoms. The van der Waals surface area contributed by atoms with Crippen LogP contribution < -0.4 is 9.64 Å². The van der Waals surface area contributed by atoms with Crippen LogP contribution in [0.15, 0.2) is 64.6 Å². The molecule has 1 aliphatic rings. The van der Waals surface area contributed by atoms with Gasteiger partial charge in [-0.3, -0.25) is 14.5 Å². The number of aromatic hydroxyl groups is 1. The summed E-state index contributed by atoms with van der Waals surface area (Å²) in [5.41, 5.74) is 1.17. The van der Waals surface area contributed by atoms with Crippen LogP contribution in [0.3, 0.4) is 0 Å². The standard InChI is InChI=1S/C25H15BrCl2N2O5S/c1-35-17-9-12(8-15(26)22(17)32)20-19(21(31)11-2-4-13(27)5-3-11)23(33)24(34)30(20)25-29-16-7-6-14(28)10-18(16)36-25/h2-10,20,31-32H,1H3. The van der Waals surface area contributed by atoms with E-state index < -0.39 is 17.7 Å². The van der Waals surface area contributed by atoms with E-state index >= 15 is 0 Å². The highest BCUT2D eigenvalue weighted by atomic mass is 79.9. The molecule has 2 heterocycles. The summed E-state index contributed by atoms with van der Waals surface area (Å²) in [5, 5.41) is 22.8. The van der Waals surface area contributed by atoms with Gasteiger partial charge in [-0.2, -0.15) is 0 Å². The fourth-order valence-electron chi connectivity index (χ4n) is 4.01. The zero-order chi connectivity index (χ0) is 25.7. The molecule has 4 aromatic rings. The number of halogens is 3. The highest BCUT2D eigenvalue weighted by molar-refractivity contribution is 9.10. The van der Waals surface area contributed by atoms with Gasteiger partial charge in [-0.1, -0.05) is 34.5 Å². The maximum Gasteiger partial charge on any atom is 0.301 e. The van der Waals surface area contributed by atoms with Crippen molar-refractivity contribution in [3.63, 3.8) is 0 Å². The number of fused-ring (bicyclic) bond motifs is 1. The van der Waals surface area contributed by atoms with Crippen molar-refractivity contribution in [2.24, 2.45) is 0 Å². The normalized spacial score (nSPS) is 17.2. The summed E-state index contributed by atoms with van der Waals surface area (Å²) in [6, 6.07) is 13.4. The Balaban J connectivity index is 1.77. The summed E-state index contributed by atoms with van der Waals surface area (Å²) in [5.74, 6) is -2.14. The lowest BCUT2D eigenvalue weighted by Gasteiger charge is -2.24. The van der Waals surface area contributed by atoms with Gasteiger partial charge in [-0.05, 0) is 76.1 Å². The second-order valence-corrected chi connectivity index (χ2v) is 10.6. The second-order valence-electron chi connectivity index (χ2n) is 7.84. The monoisotopic (exact) mass is 604 g/mol. The van der Waals surface area contributed by atoms with Gasteiger partial charge in [0.2, 0.25) is 0 Å². The fraction of sp³-hybridized carbons (Fsp3) is 0.0800. The van der Waals surface area contributed by atoms with Crippen molar-refractivity contribution in [2.45, 2.75) is 6.04 Å². The van der Waals surface area contributed by atoms with Gasteiger partial charge in [0.15, 0.2) is 16.6 Å². The third-order valence-corrected chi connectivity index (χ3v) is 7.80. The average molecular weight is 606 g/mol. The van der Waals surface area contributed by atoms with E-state index in [0.29, 0.717) is 26.7 Å². The number of carbonyl (C=O) groups is 2. The van der Waals surface area contributed by atoms with Crippen LogP contribution in [0.2, 0.25) is 10.0 Å². The molecule has 1 aliphatic heterocycles. The molecule has 0 bridgehead atoms. The number of rotatable bonds is 4. The summed E-state index contributed by atoms with van der Waals surface area (Å²) in [6.45, 7) is 0. The molecule has 3 aromatic carbocycles. The Hall–Kier alpha value is -3.11. The average Bonchev–Trinajstić information content (AvgIpc) is 3.38. The van der Waals surface area contributed by atoms with Gasteiger partial charge in [0.05, 0.1) is 33.4 Å². The molecule has 0 aliphatic carbocycles. The summed E-state index contributed by atoms with van der Waals surface area (Å²) >= 11 is 16.6. The predicted molar refractivity (Wildman–Crippen MR) is 143 cm³/mol. The van der Waals surface area contributed by atoms with Gasteiger partial charge in [0, 0.05) is 15.6 Å². The lowest BCUT2D eigenvalue weighted by atomic mass is 9.95. The molecule has 1 amide bonds. The van der Waals surface area contributed by atoms with Crippen molar-refractivity contribution >= 4 is 83.3 Å². The van der Waals surface area contributed by atoms with E-state index in [1.165, 1.54) is 29.4 Å². The number of anilines is 1. The van der Waals surface area contributed by atoms with Gasteiger partial charge in [0.25, 0.3) is 5.78 Å². The molecule has 182 valence electrons. The summed E-state index contributed by atoms with van der Waals surface area (Å²) < 4.78 is 6.29. The number of benzene rings is 3. The zero-order valence-electron chi connectivity index (χ0n) is 18.3. The highest BCUT2D eigenvalue weighted by Crippen LogP contribution is 2.47. The van der Waals surface area contributed by atoms with E-state index in [0.717, 1.165) is 4.70 Å². The SMILES string of the molecule is COc1cc(C2C(=C(O)c3ccc(Cl)cc3)C(=O)C(=O)N2c2nc3ccc(Cl)cc3s2)cc(Br)c1O. The van der Waals surface area contributed by atoms with Crippen LogP contribution in [0.4, 0.5) is 5.13 Å². The van der Waals surface area contributed by atoms with Crippen molar-refractivity contribution in [1.82, 2.24) is 4.98 Å². The number of hydrogen-bond acceptors (Lipinski definition) is 7. The number of ketones is 1. The maximum atomic E-state index is 13.4. The van der Waals surface area contributed by atoms with Crippen molar-refractivity contribution < 1.29 is 24.5 Å². The first-order chi connectivity index (χ1) is 17.2. The molecule has 1 atom stereocenters. The first-order valence-electron chi connectivity index (χ1n) is 10.4. The number of aromatic nitrogens is 1. The second kappa shape index (κ2) is 9.40. The van der Waals surface area contributed by atoms with Crippen LogP contribution in [-0.2, 0) is 9.59 Å². The number of phenolic OH excluding ortho intramolecular Hbond substituents is 1. The van der Waals surface area contributed by atoms with Crippen LogP contribution in [0.1, 0.15) is 17.2 Å². The van der Waals surface area contributed by atoms with Crippen molar-refractivity contribution in [1.29, 1.82) is 0 Å². The van der Waals surface area contributed by atoms with Crippen LogP contribution in [-0.4, -0.2) is 34.0 Å². The maximum absolute atomic E-state index is 13.4. The largest absolute Gasteiger partial charge is 0.507 e. The number of phenols is 1. The Bertz CT molecular complexity index is 1590. The lowest BCUT2D eigenvalue weighted by Crippen LogP contribution is -2.29. The molecule has 2 N–H and O–H groups in total. The van der Waals surface area contributed by atoms with E-state index in [4.69, 9.17) is 27.9 Å². The van der Waals surface area contributed by atoms with Crippen molar-refractivity contribution in [3.8, 4) is 11.5 Å². The fourth-order valence-corrected chi connectivity index (χ4v) is 5.86. The molecule has 0 saturated carbocycles. The minimum absolute atomic E-state index is 0.118. The molecule has 5 rings (SSSR count). The first-order valence-corrected chi connectivity index (χ1v) is 12.8. The topological polar surface area (TPSA) is 100.0 Å². The molecular formula is C25H15BrCl2N2O5S. The van der Waals surface area contributed by atoms with Crippen molar-refractivity contribution in [3.05, 3.63) is 85.8 Å². The number of thiazole rings is 1. The van der Waals surface area contributed by atoms with Crippen LogP contribution in [0.25, 0.3) is 16.0 Å². The molecular weight excluding hydrogens is 591 g/mol. The third-order valence-electron chi connectivity index (χ3n) is 5.69. The smallest absolute Gasteiger partial charge is 0.301 e. The van der Waals surface area contributed by atoms with Crippen LogP contribution >= 0.6 is 50.5 Å². The Morgan fingerprint density at radius 2 is 1.78 bits per heavy atom. The number of aliphatic hydroxyl groups is 1. The highest BCUT2D eigenvalue weighted by Gasteiger charge is 2.48. The molecule has 0 spiro atoms. The van der Waals surface area contributed by atoms with Gasteiger partial charge >= 0.3 is 5.91 Å². The van der Waals surface area contributed by atoms with E-state index in [1.54, 1.807) is 48.5 Å². The van der Waals surface area contributed by atoms with E-state index in [1.807, 2.05) is 0 Å².